The summed E-state index contributed by atoms with van der Waals surface area (Å²) in [5.74, 6) is -0.846. The molecule has 0 bridgehead atoms. The minimum Gasteiger partial charge on any atom is -0.462 e. The Morgan fingerprint density at radius 2 is 0.494 bits per heavy atom. The molecule has 0 spiro atoms. The third-order valence-corrected chi connectivity index (χ3v) is 15.2. The van der Waals surface area contributed by atoms with Crippen LogP contribution in [0.5, 0.6) is 0 Å². The van der Waals surface area contributed by atoms with Gasteiger partial charge in [0.1, 0.15) is 13.2 Å². The minimum absolute atomic E-state index is 0.0679. The Morgan fingerprint density at radius 3 is 0.772 bits per heavy atom. The summed E-state index contributed by atoms with van der Waals surface area (Å²) in [6.45, 7) is 6.58. The Labute approximate surface area is 491 Å². The van der Waals surface area contributed by atoms with Gasteiger partial charge in [0.25, 0.3) is 0 Å². The smallest absolute Gasteiger partial charge is 0.306 e. The van der Waals surface area contributed by atoms with E-state index in [1.54, 1.807) is 0 Å². The average Bonchev–Trinajstić information content (AvgIpc) is 3.45. The standard InChI is InChI=1S/C73H130O6/c1-4-7-10-13-16-19-22-25-28-29-30-31-32-33-34-35-36-37-38-39-40-41-42-43-44-45-46-49-51-54-57-60-63-66-72(75)78-69-70(79-73(76)67-64-61-58-55-52-48-27-24-21-18-15-12-9-6-3)68-77-71(74)65-62-59-56-53-50-47-26-23-20-17-14-11-8-5-2/h7,10,16,19,25,28,30-31,33-34,36-37,70H,4-6,8-9,11-15,17-18,20-24,26-27,29,32,35,38-69H2,1-3H3/b10-7-,19-16-,28-25-,31-30-,34-33-,37-36-. The van der Waals surface area contributed by atoms with Gasteiger partial charge in [0.05, 0.1) is 0 Å². The number of rotatable bonds is 63. The SMILES string of the molecule is CC/C=C\C/C=C\C/C=C\C/C=C\C/C=C\C/C=C\CCCCCCCCCCCCCCCCC(=O)OCC(COC(=O)CCCCCCCCCCCCCCCC)OC(=O)CCCCCCCCCCCCCCCC. The minimum atomic E-state index is -0.770. The third-order valence-electron chi connectivity index (χ3n) is 15.2. The summed E-state index contributed by atoms with van der Waals surface area (Å²) in [5.41, 5.74) is 0. The lowest BCUT2D eigenvalue weighted by molar-refractivity contribution is -0.167. The van der Waals surface area contributed by atoms with Gasteiger partial charge in [-0.25, -0.2) is 0 Å². The Balaban J connectivity index is 4.15. The molecule has 0 aliphatic rings. The molecule has 0 N–H and O–H groups in total. The summed E-state index contributed by atoms with van der Waals surface area (Å²) in [6, 6.07) is 0. The van der Waals surface area contributed by atoms with Gasteiger partial charge < -0.3 is 14.2 Å². The normalized spacial score (nSPS) is 12.5. The van der Waals surface area contributed by atoms with Crippen LogP contribution in [-0.4, -0.2) is 37.2 Å². The molecule has 1 unspecified atom stereocenters. The van der Waals surface area contributed by atoms with Gasteiger partial charge in [-0.1, -0.05) is 338 Å². The predicted molar refractivity (Wildman–Crippen MR) is 344 cm³/mol. The van der Waals surface area contributed by atoms with Crippen molar-refractivity contribution in [3.8, 4) is 0 Å². The summed E-state index contributed by atoms with van der Waals surface area (Å²) < 4.78 is 17.0. The molecule has 0 saturated heterocycles. The van der Waals surface area contributed by atoms with E-state index in [0.29, 0.717) is 19.3 Å². The predicted octanol–water partition coefficient (Wildman–Crippen LogP) is 23.7. The fourth-order valence-corrected chi connectivity index (χ4v) is 10.1. The van der Waals surface area contributed by atoms with Gasteiger partial charge in [0.2, 0.25) is 0 Å². The van der Waals surface area contributed by atoms with Crippen molar-refractivity contribution in [2.75, 3.05) is 13.2 Å². The number of ether oxygens (including phenoxy) is 3. The zero-order valence-corrected chi connectivity index (χ0v) is 52.6. The van der Waals surface area contributed by atoms with Crippen LogP contribution in [0.15, 0.2) is 72.9 Å². The highest BCUT2D eigenvalue weighted by atomic mass is 16.6. The van der Waals surface area contributed by atoms with E-state index in [-0.39, 0.29) is 31.1 Å². The van der Waals surface area contributed by atoms with Crippen LogP contribution in [0, 0.1) is 0 Å². The molecule has 6 nitrogen and oxygen atoms in total. The van der Waals surface area contributed by atoms with Crippen molar-refractivity contribution < 1.29 is 28.6 Å². The van der Waals surface area contributed by atoms with Crippen molar-refractivity contribution in [2.45, 2.75) is 361 Å². The number of hydrogen-bond donors (Lipinski definition) is 0. The van der Waals surface area contributed by atoms with Crippen LogP contribution in [-0.2, 0) is 28.6 Å². The van der Waals surface area contributed by atoms with Crippen molar-refractivity contribution in [1.29, 1.82) is 0 Å². The summed E-state index contributed by atoms with van der Waals surface area (Å²) in [7, 11) is 0. The largest absolute Gasteiger partial charge is 0.462 e. The van der Waals surface area contributed by atoms with Crippen molar-refractivity contribution in [1.82, 2.24) is 0 Å². The molecule has 0 aromatic heterocycles. The fraction of sp³-hybridized carbons (Fsp3) is 0.795. The van der Waals surface area contributed by atoms with Crippen LogP contribution in [0.4, 0.5) is 0 Å². The molecular weight excluding hydrogens is 973 g/mol. The highest BCUT2D eigenvalue weighted by Gasteiger charge is 2.19. The summed E-state index contributed by atoms with van der Waals surface area (Å²) >= 11 is 0. The van der Waals surface area contributed by atoms with Crippen LogP contribution in [0.2, 0.25) is 0 Å². The van der Waals surface area contributed by atoms with E-state index in [4.69, 9.17) is 14.2 Å². The first-order valence-corrected chi connectivity index (χ1v) is 34.4. The second-order valence-electron chi connectivity index (χ2n) is 23.1. The Hall–Kier alpha value is -3.15. The monoisotopic (exact) mass is 1100 g/mol. The molecule has 0 rings (SSSR count). The number of hydrogen-bond acceptors (Lipinski definition) is 6. The molecule has 6 heteroatoms. The second kappa shape index (κ2) is 67.4. The number of allylic oxidation sites excluding steroid dienone is 12. The molecule has 0 aliphatic heterocycles. The van der Waals surface area contributed by atoms with Crippen LogP contribution < -0.4 is 0 Å². The first-order chi connectivity index (χ1) is 39.0. The first kappa shape index (κ1) is 75.8. The second-order valence-corrected chi connectivity index (χ2v) is 23.1. The van der Waals surface area contributed by atoms with E-state index < -0.39 is 6.10 Å². The van der Waals surface area contributed by atoms with Gasteiger partial charge in [0, 0.05) is 19.3 Å². The molecule has 0 aliphatic carbocycles. The highest BCUT2D eigenvalue weighted by Crippen LogP contribution is 2.18. The van der Waals surface area contributed by atoms with Gasteiger partial charge in [-0.3, -0.25) is 14.4 Å². The van der Waals surface area contributed by atoms with Crippen molar-refractivity contribution >= 4 is 17.9 Å². The van der Waals surface area contributed by atoms with Gasteiger partial charge in [-0.15, -0.1) is 0 Å². The third kappa shape index (κ3) is 65.5. The lowest BCUT2D eigenvalue weighted by Crippen LogP contribution is -2.30. The summed E-state index contributed by atoms with van der Waals surface area (Å²) in [5, 5.41) is 0. The van der Waals surface area contributed by atoms with Gasteiger partial charge in [0.15, 0.2) is 6.10 Å². The van der Waals surface area contributed by atoms with E-state index in [1.165, 1.54) is 218 Å². The lowest BCUT2D eigenvalue weighted by atomic mass is 10.0. The van der Waals surface area contributed by atoms with Crippen molar-refractivity contribution in [3.63, 3.8) is 0 Å². The fourth-order valence-electron chi connectivity index (χ4n) is 10.1. The van der Waals surface area contributed by atoms with Crippen molar-refractivity contribution in [3.05, 3.63) is 72.9 Å². The molecule has 0 saturated carbocycles. The Bertz CT molecular complexity index is 1450. The van der Waals surface area contributed by atoms with E-state index in [9.17, 15) is 14.4 Å². The van der Waals surface area contributed by atoms with E-state index in [1.807, 2.05) is 0 Å². The quantitative estimate of drug-likeness (QED) is 0.0261. The topological polar surface area (TPSA) is 78.9 Å². The number of carbonyl (C=O) groups is 3. The van der Waals surface area contributed by atoms with E-state index in [2.05, 4.69) is 93.7 Å². The van der Waals surface area contributed by atoms with Gasteiger partial charge >= 0.3 is 17.9 Å². The summed E-state index contributed by atoms with van der Waals surface area (Å²) in [4.78, 5) is 38.3. The van der Waals surface area contributed by atoms with Crippen LogP contribution >= 0.6 is 0 Å². The van der Waals surface area contributed by atoms with Gasteiger partial charge in [-0.2, -0.15) is 0 Å². The van der Waals surface area contributed by atoms with Crippen molar-refractivity contribution in [2.24, 2.45) is 0 Å². The molecule has 1 atom stereocenters. The number of unbranched alkanes of at least 4 members (excludes halogenated alkanes) is 40. The van der Waals surface area contributed by atoms with Crippen LogP contribution in [0.1, 0.15) is 355 Å². The zero-order valence-electron chi connectivity index (χ0n) is 52.6. The molecule has 0 aromatic rings. The molecule has 458 valence electrons. The first-order valence-electron chi connectivity index (χ1n) is 34.4. The molecule has 79 heavy (non-hydrogen) atoms. The van der Waals surface area contributed by atoms with E-state index >= 15 is 0 Å². The molecule has 0 amide bonds. The van der Waals surface area contributed by atoms with Crippen LogP contribution in [0.3, 0.4) is 0 Å². The number of carbonyl (C=O) groups excluding carboxylic acids is 3. The van der Waals surface area contributed by atoms with Crippen LogP contribution in [0.25, 0.3) is 0 Å². The average molecular weight is 1100 g/mol. The maximum absolute atomic E-state index is 12.9. The molecule has 0 aromatic carbocycles. The molecule has 0 fully saturated rings. The lowest BCUT2D eigenvalue weighted by Gasteiger charge is -2.18. The van der Waals surface area contributed by atoms with E-state index in [0.717, 1.165) is 96.3 Å². The zero-order chi connectivity index (χ0) is 57.1. The molecular formula is C73H130O6. The number of esters is 3. The molecule has 0 heterocycles. The highest BCUT2D eigenvalue weighted by molar-refractivity contribution is 5.71. The maximum Gasteiger partial charge on any atom is 0.306 e. The Morgan fingerprint density at radius 1 is 0.266 bits per heavy atom. The summed E-state index contributed by atoms with van der Waals surface area (Å²) in [6.07, 6.45) is 87.8. The Kier molecular flexibility index (Phi) is 64.7. The van der Waals surface area contributed by atoms with Gasteiger partial charge in [-0.05, 0) is 70.6 Å². The maximum atomic E-state index is 12.9. The molecule has 0 radical (unpaired) electrons.